The van der Waals surface area contributed by atoms with Crippen LogP contribution < -0.4 is 10.1 Å². The minimum Gasteiger partial charge on any atom is -0.491 e. The molecular weight excluding hydrogens is 252 g/mol. The summed E-state index contributed by atoms with van der Waals surface area (Å²) in [4.78, 5) is 11.0. The summed E-state index contributed by atoms with van der Waals surface area (Å²) in [5, 5.41) is 3.51. The van der Waals surface area contributed by atoms with Crippen molar-refractivity contribution in [1.82, 2.24) is 14.9 Å². The van der Waals surface area contributed by atoms with Gasteiger partial charge in [0.05, 0.1) is 12.8 Å². The van der Waals surface area contributed by atoms with Crippen molar-refractivity contribution in [3.8, 4) is 5.75 Å². The summed E-state index contributed by atoms with van der Waals surface area (Å²) >= 11 is 0. The molecule has 1 N–H and O–H groups in total. The van der Waals surface area contributed by atoms with Crippen molar-refractivity contribution in [1.29, 1.82) is 0 Å². The molecule has 2 heterocycles. The quantitative estimate of drug-likeness (QED) is 0.896. The first-order valence-electron chi connectivity index (χ1n) is 7.44. The summed E-state index contributed by atoms with van der Waals surface area (Å²) in [7, 11) is 1.67. The molecule has 0 radical (unpaired) electrons. The van der Waals surface area contributed by atoms with Gasteiger partial charge in [0, 0.05) is 25.7 Å². The zero-order valence-corrected chi connectivity index (χ0v) is 13.0. The summed E-state index contributed by atoms with van der Waals surface area (Å²) in [5.74, 6) is 2.32. The Labute approximate surface area is 121 Å². The fraction of sp³-hybridized carbons (Fsp3) is 0.733. The second-order valence-corrected chi connectivity index (χ2v) is 5.95. The van der Waals surface area contributed by atoms with Crippen LogP contribution in [0.5, 0.6) is 5.75 Å². The number of ether oxygens (including phenoxy) is 1. The van der Waals surface area contributed by atoms with Crippen molar-refractivity contribution in [2.45, 2.75) is 39.7 Å². The average molecular weight is 278 g/mol. The number of rotatable bonds is 5. The van der Waals surface area contributed by atoms with E-state index < -0.39 is 0 Å². The fourth-order valence-electron chi connectivity index (χ4n) is 2.78. The number of likely N-dealkylation sites (tertiary alicyclic amines) is 1. The van der Waals surface area contributed by atoms with Crippen molar-refractivity contribution < 1.29 is 4.74 Å². The van der Waals surface area contributed by atoms with Crippen molar-refractivity contribution in [2.75, 3.05) is 32.1 Å². The molecule has 1 fully saturated rings. The lowest BCUT2D eigenvalue weighted by molar-refractivity contribution is 0.197. The van der Waals surface area contributed by atoms with Crippen LogP contribution >= 0.6 is 0 Å². The Hall–Kier alpha value is -1.36. The van der Waals surface area contributed by atoms with Crippen LogP contribution in [0.2, 0.25) is 0 Å². The molecule has 0 spiro atoms. The Bertz CT molecular complexity index is 428. The lowest BCUT2D eigenvalue weighted by Gasteiger charge is -2.33. The minimum atomic E-state index is 0.474. The predicted molar refractivity (Wildman–Crippen MR) is 81.2 cm³/mol. The predicted octanol–water partition coefficient (Wildman–Crippen LogP) is 2.33. The Morgan fingerprint density at radius 3 is 2.65 bits per heavy atom. The summed E-state index contributed by atoms with van der Waals surface area (Å²) in [6, 6.07) is 0.474. The molecule has 20 heavy (non-hydrogen) atoms. The second kappa shape index (κ2) is 6.88. The minimum absolute atomic E-state index is 0.474. The number of hydrogen-bond donors (Lipinski definition) is 1. The van der Waals surface area contributed by atoms with E-state index in [1.165, 1.54) is 6.54 Å². The monoisotopic (exact) mass is 278 g/mol. The molecule has 0 aliphatic carbocycles. The zero-order valence-electron chi connectivity index (χ0n) is 13.0. The number of hydrogen-bond acceptors (Lipinski definition) is 5. The topological polar surface area (TPSA) is 50.3 Å². The molecule has 5 heteroatoms. The SMILES string of the molecule is COc1c(C)ncnc1NC1CCN(CC(C)C)CC1. The van der Waals surface area contributed by atoms with Crippen LogP contribution in [0.3, 0.4) is 0 Å². The maximum absolute atomic E-state index is 5.39. The van der Waals surface area contributed by atoms with E-state index in [1.807, 2.05) is 6.92 Å². The molecule has 1 aliphatic heterocycles. The van der Waals surface area contributed by atoms with E-state index in [4.69, 9.17) is 4.74 Å². The molecule has 0 aromatic carbocycles. The van der Waals surface area contributed by atoms with Gasteiger partial charge in [-0.15, -0.1) is 0 Å². The van der Waals surface area contributed by atoms with E-state index >= 15 is 0 Å². The van der Waals surface area contributed by atoms with Gasteiger partial charge >= 0.3 is 0 Å². The number of aromatic nitrogens is 2. The third-order valence-corrected chi connectivity index (χ3v) is 3.74. The Morgan fingerprint density at radius 1 is 1.35 bits per heavy atom. The highest BCUT2D eigenvalue weighted by molar-refractivity contribution is 5.52. The highest BCUT2D eigenvalue weighted by Crippen LogP contribution is 2.26. The van der Waals surface area contributed by atoms with Crippen molar-refractivity contribution in [2.24, 2.45) is 5.92 Å². The standard InChI is InChI=1S/C15H26N4O/c1-11(2)9-19-7-5-13(6-8-19)18-15-14(20-4)12(3)16-10-17-15/h10-11,13H,5-9H2,1-4H3,(H,16,17,18). The molecule has 5 nitrogen and oxygen atoms in total. The number of nitrogens with zero attached hydrogens (tertiary/aromatic N) is 3. The molecule has 0 saturated carbocycles. The molecule has 1 saturated heterocycles. The molecule has 1 aliphatic rings. The van der Waals surface area contributed by atoms with Crippen LogP contribution in [0, 0.1) is 12.8 Å². The first-order chi connectivity index (χ1) is 9.60. The van der Waals surface area contributed by atoms with Gasteiger partial charge < -0.3 is 15.0 Å². The summed E-state index contributed by atoms with van der Waals surface area (Å²) < 4.78 is 5.39. The van der Waals surface area contributed by atoms with Crippen molar-refractivity contribution in [3.63, 3.8) is 0 Å². The highest BCUT2D eigenvalue weighted by Gasteiger charge is 2.21. The van der Waals surface area contributed by atoms with Crippen molar-refractivity contribution in [3.05, 3.63) is 12.0 Å². The smallest absolute Gasteiger partial charge is 0.182 e. The van der Waals surface area contributed by atoms with Gasteiger partial charge in [-0.1, -0.05) is 13.8 Å². The van der Waals surface area contributed by atoms with Gasteiger partial charge in [0.15, 0.2) is 11.6 Å². The van der Waals surface area contributed by atoms with Gasteiger partial charge in [-0.3, -0.25) is 0 Å². The van der Waals surface area contributed by atoms with Crippen LogP contribution in [-0.2, 0) is 0 Å². The number of aryl methyl sites for hydroxylation is 1. The molecule has 0 amide bonds. The van der Waals surface area contributed by atoms with Gasteiger partial charge in [-0.25, -0.2) is 9.97 Å². The van der Waals surface area contributed by atoms with E-state index in [1.54, 1.807) is 13.4 Å². The number of nitrogens with one attached hydrogen (secondary N) is 1. The Balaban J connectivity index is 1.91. The van der Waals surface area contributed by atoms with E-state index in [0.29, 0.717) is 6.04 Å². The largest absolute Gasteiger partial charge is 0.491 e. The first-order valence-corrected chi connectivity index (χ1v) is 7.44. The third-order valence-electron chi connectivity index (χ3n) is 3.74. The van der Waals surface area contributed by atoms with Gasteiger partial charge in [-0.05, 0) is 25.7 Å². The van der Waals surface area contributed by atoms with E-state index in [9.17, 15) is 0 Å². The summed E-state index contributed by atoms with van der Waals surface area (Å²) in [6.45, 7) is 10.0. The third kappa shape index (κ3) is 3.82. The second-order valence-electron chi connectivity index (χ2n) is 5.95. The number of anilines is 1. The Morgan fingerprint density at radius 2 is 2.05 bits per heavy atom. The van der Waals surface area contributed by atoms with Crippen LogP contribution in [0.1, 0.15) is 32.4 Å². The van der Waals surface area contributed by atoms with E-state index in [-0.39, 0.29) is 0 Å². The average Bonchev–Trinajstić information content (AvgIpc) is 2.41. The lowest BCUT2D eigenvalue weighted by atomic mass is 10.0. The molecule has 2 rings (SSSR count). The first kappa shape index (κ1) is 15.0. The van der Waals surface area contributed by atoms with Gasteiger partial charge in [0.2, 0.25) is 0 Å². The molecule has 1 aromatic rings. The molecule has 112 valence electrons. The highest BCUT2D eigenvalue weighted by atomic mass is 16.5. The normalized spacial score (nSPS) is 17.4. The van der Waals surface area contributed by atoms with E-state index in [0.717, 1.165) is 49.1 Å². The maximum atomic E-state index is 5.39. The lowest BCUT2D eigenvalue weighted by Crippen LogP contribution is -2.40. The van der Waals surface area contributed by atoms with Crippen LogP contribution in [0.25, 0.3) is 0 Å². The van der Waals surface area contributed by atoms with E-state index in [2.05, 4.69) is 34.0 Å². The molecule has 0 bridgehead atoms. The maximum Gasteiger partial charge on any atom is 0.182 e. The number of piperidine rings is 1. The molecule has 0 atom stereocenters. The van der Waals surface area contributed by atoms with Gasteiger partial charge in [-0.2, -0.15) is 0 Å². The molecule has 0 unspecified atom stereocenters. The van der Waals surface area contributed by atoms with Crippen LogP contribution in [-0.4, -0.2) is 47.7 Å². The van der Waals surface area contributed by atoms with Crippen LogP contribution in [0.4, 0.5) is 5.82 Å². The molecular formula is C15H26N4O. The Kier molecular flexibility index (Phi) is 5.17. The summed E-state index contributed by atoms with van der Waals surface area (Å²) in [5.41, 5.74) is 0.877. The zero-order chi connectivity index (χ0) is 14.5. The van der Waals surface area contributed by atoms with Crippen LogP contribution in [0.15, 0.2) is 6.33 Å². The molecule has 1 aromatic heterocycles. The number of methoxy groups -OCH3 is 1. The van der Waals surface area contributed by atoms with Crippen molar-refractivity contribution >= 4 is 5.82 Å². The summed E-state index contributed by atoms with van der Waals surface area (Å²) in [6.07, 6.45) is 3.89. The fourth-order valence-corrected chi connectivity index (χ4v) is 2.78. The van der Waals surface area contributed by atoms with Gasteiger partial charge in [0.25, 0.3) is 0 Å². The van der Waals surface area contributed by atoms with Gasteiger partial charge in [0.1, 0.15) is 6.33 Å².